The first kappa shape index (κ1) is 19.3. The highest BCUT2D eigenvalue weighted by atomic mass is 35.5. The maximum atomic E-state index is 14.1. The lowest BCUT2D eigenvalue weighted by molar-refractivity contribution is 0.0711. The molecule has 142 valence electrons. The molecule has 3 aromatic rings. The van der Waals surface area contributed by atoms with Crippen LogP contribution < -0.4 is 0 Å². The summed E-state index contributed by atoms with van der Waals surface area (Å²) in [4.78, 5) is 18.9. The number of fused-ring (bicyclic) bond motifs is 1. The predicted molar refractivity (Wildman–Crippen MR) is 102 cm³/mol. The summed E-state index contributed by atoms with van der Waals surface area (Å²) in [6, 6.07) is 8.25. The molecule has 0 atom stereocenters. The van der Waals surface area contributed by atoms with Crippen LogP contribution in [0.5, 0.6) is 0 Å². The normalized spacial score (nSPS) is 11.4. The number of aryl methyl sites for hydroxylation is 1. The van der Waals surface area contributed by atoms with Gasteiger partial charge in [-0.2, -0.15) is 0 Å². The molecule has 0 unspecified atom stereocenters. The lowest BCUT2D eigenvalue weighted by atomic mass is 10.1. The summed E-state index contributed by atoms with van der Waals surface area (Å²) >= 11 is 6.05. The molecule has 2 aromatic carbocycles. The zero-order valence-electron chi connectivity index (χ0n) is 15.3. The standard InChI is InChI=1S/C20H20ClF2N3O/c1-12(2)10-26(20(27)15-9-14(22)5-6-16(15)23)11-19-24-17-7-4-13(21)8-18(17)25(19)3/h4-9,12H,10-11H2,1-3H3. The van der Waals surface area contributed by atoms with E-state index in [9.17, 15) is 13.6 Å². The number of carbonyl (C=O) groups excluding carboxylic acids is 1. The summed E-state index contributed by atoms with van der Waals surface area (Å²) in [5, 5.41) is 0.592. The van der Waals surface area contributed by atoms with Crippen molar-refractivity contribution in [1.82, 2.24) is 14.5 Å². The number of halogens is 3. The minimum atomic E-state index is -0.744. The molecular formula is C20H20ClF2N3O. The average molecular weight is 392 g/mol. The number of hydrogen-bond donors (Lipinski definition) is 0. The Labute approximate surface area is 161 Å². The van der Waals surface area contributed by atoms with Crippen LogP contribution in [-0.4, -0.2) is 26.9 Å². The maximum Gasteiger partial charge on any atom is 0.257 e. The van der Waals surface area contributed by atoms with Gasteiger partial charge in [-0.25, -0.2) is 13.8 Å². The molecule has 1 amide bonds. The first-order valence-corrected chi connectivity index (χ1v) is 8.99. The van der Waals surface area contributed by atoms with Crippen LogP contribution >= 0.6 is 11.6 Å². The van der Waals surface area contributed by atoms with E-state index in [1.54, 1.807) is 12.1 Å². The molecule has 0 aliphatic carbocycles. The Morgan fingerprint density at radius 2 is 1.96 bits per heavy atom. The average Bonchev–Trinajstić information content (AvgIpc) is 2.91. The van der Waals surface area contributed by atoms with Crippen molar-refractivity contribution in [2.45, 2.75) is 20.4 Å². The monoisotopic (exact) mass is 391 g/mol. The first-order valence-electron chi connectivity index (χ1n) is 8.61. The SMILES string of the molecule is CC(C)CN(Cc1nc2ccc(Cl)cc2n1C)C(=O)c1cc(F)ccc1F. The molecule has 4 nitrogen and oxygen atoms in total. The molecule has 0 aliphatic heterocycles. The van der Waals surface area contributed by atoms with Crippen molar-refractivity contribution in [3.05, 3.63) is 64.4 Å². The summed E-state index contributed by atoms with van der Waals surface area (Å²) in [5.41, 5.74) is 1.31. The van der Waals surface area contributed by atoms with Crippen LogP contribution in [0.3, 0.4) is 0 Å². The van der Waals surface area contributed by atoms with Crippen LogP contribution in [-0.2, 0) is 13.6 Å². The summed E-state index contributed by atoms with van der Waals surface area (Å²) < 4.78 is 29.5. The summed E-state index contributed by atoms with van der Waals surface area (Å²) in [6.45, 7) is 4.47. The third-order valence-electron chi connectivity index (χ3n) is 4.30. The van der Waals surface area contributed by atoms with E-state index < -0.39 is 17.5 Å². The molecule has 1 aromatic heterocycles. The molecule has 0 saturated heterocycles. The van der Waals surface area contributed by atoms with Gasteiger partial charge in [0.1, 0.15) is 17.5 Å². The first-order chi connectivity index (χ1) is 12.8. The van der Waals surface area contributed by atoms with Crippen LogP contribution in [0.1, 0.15) is 30.0 Å². The number of benzene rings is 2. The second-order valence-corrected chi connectivity index (χ2v) is 7.36. The van der Waals surface area contributed by atoms with Gasteiger partial charge in [0.25, 0.3) is 5.91 Å². The Bertz CT molecular complexity index is 1000. The van der Waals surface area contributed by atoms with E-state index in [4.69, 9.17) is 11.6 Å². The smallest absolute Gasteiger partial charge is 0.257 e. The lowest BCUT2D eigenvalue weighted by Gasteiger charge is -2.24. The Hall–Kier alpha value is -2.47. The van der Waals surface area contributed by atoms with Gasteiger partial charge in [-0.1, -0.05) is 25.4 Å². The Morgan fingerprint density at radius 3 is 2.67 bits per heavy atom. The highest BCUT2D eigenvalue weighted by molar-refractivity contribution is 6.31. The third-order valence-corrected chi connectivity index (χ3v) is 4.53. The fraction of sp³-hybridized carbons (Fsp3) is 0.300. The Morgan fingerprint density at radius 1 is 1.22 bits per heavy atom. The topological polar surface area (TPSA) is 38.1 Å². The number of imidazole rings is 1. The number of carbonyl (C=O) groups is 1. The van der Waals surface area contributed by atoms with E-state index in [0.29, 0.717) is 17.4 Å². The zero-order chi connectivity index (χ0) is 19.7. The zero-order valence-corrected chi connectivity index (χ0v) is 16.1. The summed E-state index contributed by atoms with van der Waals surface area (Å²) in [5.74, 6) is -1.17. The fourth-order valence-corrected chi connectivity index (χ4v) is 3.18. The van der Waals surface area contributed by atoms with Crippen LogP contribution in [0.2, 0.25) is 5.02 Å². The van der Waals surface area contributed by atoms with E-state index in [1.807, 2.05) is 31.5 Å². The quantitative estimate of drug-likeness (QED) is 0.626. The highest BCUT2D eigenvalue weighted by Crippen LogP contribution is 2.22. The number of rotatable bonds is 5. The number of hydrogen-bond acceptors (Lipinski definition) is 2. The third kappa shape index (κ3) is 4.11. The van der Waals surface area contributed by atoms with E-state index >= 15 is 0 Å². The van der Waals surface area contributed by atoms with Crippen molar-refractivity contribution in [2.75, 3.05) is 6.54 Å². The minimum Gasteiger partial charge on any atom is -0.331 e. The van der Waals surface area contributed by atoms with Crippen molar-refractivity contribution in [1.29, 1.82) is 0 Å². The molecule has 0 radical (unpaired) electrons. The largest absolute Gasteiger partial charge is 0.331 e. The van der Waals surface area contributed by atoms with Gasteiger partial charge >= 0.3 is 0 Å². The van der Waals surface area contributed by atoms with Crippen LogP contribution in [0.15, 0.2) is 36.4 Å². The molecule has 0 N–H and O–H groups in total. The van der Waals surface area contributed by atoms with E-state index in [0.717, 1.165) is 29.2 Å². The van der Waals surface area contributed by atoms with Gasteiger partial charge in [-0.05, 0) is 42.3 Å². The van der Waals surface area contributed by atoms with Gasteiger partial charge in [0.05, 0.1) is 23.1 Å². The Kier molecular flexibility index (Phi) is 5.46. The van der Waals surface area contributed by atoms with Crippen LogP contribution in [0.25, 0.3) is 11.0 Å². The van der Waals surface area contributed by atoms with Gasteiger partial charge < -0.3 is 9.47 Å². The molecule has 0 spiro atoms. The maximum absolute atomic E-state index is 14.1. The second kappa shape index (κ2) is 7.64. The highest BCUT2D eigenvalue weighted by Gasteiger charge is 2.23. The summed E-state index contributed by atoms with van der Waals surface area (Å²) in [7, 11) is 1.84. The van der Waals surface area contributed by atoms with Gasteiger partial charge in [-0.15, -0.1) is 0 Å². The van der Waals surface area contributed by atoms with Crippen LogP contribution in [0.4, 0.5) is 8.78 Å². The number of aromatic nitrogens is 2. The van der Waals surface area contributed by atoms with Crippen molar-refractivity contribution < 1.29 is 13.6 Å². The number of nitrogens with zero attached hydrogens (tertiary/aromatic N) is 3. The molecule has 1 heterocycles. The second-order valence-electron chi connectivity index (χ2n) is 6.92. The number of amides is 1. The summed E-state index contributed by atoms with van der Waals surface area (Å²) in [6.07, 6.45) is 0. The molecule has 0 fully saturated rings. The van der Waals surface area contributed by atoms with Crippen molar-refractivity contribution in [3.63, 3.8) is 0 Å². The molecule has 27 heavy (non-hydrogen) atoms. The van der Waals surface area contributed by atoms with E-state index in [-0.39, 0.29) is 18.0 Å². The van der Waals surface area contributed by atoms with Gasteiger partial charge in [0.15, 0.2) is 0 Å². The van der Waals surface area contributed by atoms with Crippen LogP contribution in [0, 0.1) is 17.6 Å². The van der Waals surface area contributed by atoms with Gasteiger partial charge in [0.2, 0.25) is 0 Å². The fourth-order valence-electron chi connectivity index (χ4n) is 3.02. The molecule has 0 saturated carbocycles. The van der Waals surface area contributed by atoms with E-state index in [2.05, 4.69) is 4.98 Å². The molecule has 0 aliphatic rings. The van der Waals surface area contributed by atoms with Gasteiger partial charge in [-0.3, -0.25) is 4.79 Å². The molecule has 7 heteroatoms. The van der Waals surface area contributed by atoms with Crippen molar-refractivity contribution >= 4 is 28.5 Å². The Balaban J connectivity index is 1.97. The predicted octanol–water partition coefficient (Wildman–Crippen LogP) is 4.80. The molecule has 3 rings (SSSR count). The van der Waals surface area contributed by atoms with Crippen molar-refractivity contribution in [3.8, 4) is 0 Å². The minimum absolute atomic E-state index is 0.148. The van der Waals surface area contributed by atoms with Crippen molar-refractivity contribution in [2.24, 2.45) is 13.0 Å². The van der Waals surface area contributed by atoms with Gasteiger partial charge in [0, 0.05) is 18.6 Å². The van der Waals surface area contributed by atoms with E-state index in [1.165, 1.54) is 4.90 Å². The molecular weight excluding hydrogens is 372 g/mol. The lowest BCUT2D eigenvalue weighted by Crippen LogP contribution is -2.35. The molecule has 0 bridgehead atoms.